The zero-order valence-corrected chi connectivity index (χ0v) is 12.8. The number of nitrogens with zero attached hydrogens (tertiary/aromatic N) is 3. The molecule has 0 aliphatic heterocycles. The largest absolute Gasteiger partial charge is 0.417 e. The van der Waals surface area contributed by atoms with E-state index in [4.69, 9.17) is 17.3 Å². The fourth-order valence-electron chi connectivity index (χ4n) is 1.82. The lowest BCUT2D eigenvalue weighted by atomic mass is 9.74. The normalized spacial score (nSPS) is 14.0. The summed E-state index contributed by atoms with van der Waals surface area (Å²) < 4.78 is 40.0. The Morgan fingerprint density at radius 3 is 2.19 bits per heavy atom. The van der Waals surface area contributed by atoms with Gasteiger partial charge in [0.2, 0.25) is 0 Å². The smallest absolute Gasteiger partial charge is 0.325 e. The number of halogens is 4. The molecule has 0 radical (unpaired) electrons. The van der Waals surface area contributed by atoms with E-state index in [1.54, 1.807) is 27.7 Å². The van der Waals surface area contributed by atoms with Crippen LogP contribution in [0.1, 0.15) is 39.1 Å². The van der Waals surface area contributed by atoms with E-state index in [9.17, 15) is 13.2 Å². The second-order valence-electron chi connectivity index (χ2n) is 6.14. The second kappa shape index (κ2) is 4.58. The summed E-state index contributed by atoms with van der Waals surface area (Å²) >= 11 is 5.89. The van der Waals surface area contributed by atoms with Crippen LogP contribution in [0.25, 0.3) is 5.65 Å². The van der Waals surface area contributed by atoms with Crippen molar-refractivity contribution in [2.45, 2.75) is 44.8 Å². The van der Waals surface area contributed by atoms with Crippen molar-refractivity contribution in [1.82, 2.24) is 14.6 Å². The first-order chi connectivity index (χ1) is 9.35. The first kappa shape index (κ1) is 16.0. The van der Waals surface area contributed by atoms with Crippen LogP contribution in [0.2, 0.25) is 5.02 Å². The summed E-state index contributed by atoms with van der Waals surface area (Å²) in [5.74, 6) is 0.331. The molecule has 0 saturated carbocycles. The van der Waals surface area contributed by atoms with Crippen molar-refractivity contribution in [3.63, 3.8) is 0 Å². The van der Waals surface area contributed by atoms with Crippen LogP contribution in [-0.2, 0) is 11.6 Å². The van der Waals surface area contributed by atoms with E-state index in [0.717, 1.165) is 12.3 Å². The van der Waals surface area contributed by atoms with Crippen LogP contribution in [0, 0.1) is 0 Å². The maximum absolute atomic E-state index is 12.9. The number of nitrogens with two attached hydrogens (primary N) is 1. The summed E-state index contributed by atoms with van der Waals surface area (Å²) in [5, 5.41) is 7.78. The van der Waals surface area contributed by atoms with Gasteiger partial charge in [-0.1, -0.05) is 25.4 Å². The van der Waals surface area contributed by atoms with Gasteiger partial charge in [0.1, 0.15) is 5.82 Å². The molecule has 116 valence electrons. The van der Waals surface area contributed by atoms with Crippen LogP contribution in [0.5, 0.6) is 0 Å². The third-order valence-corrected chi connectivity index (χ3v) is 4.24. The molecule has 0 spiro atoms. The monoisotopic (exact) mass is 320 g/mol. The van der Waals surface area contributed by atoms with Crippen LogP contribution < -0.4 is 5.73 Å². The van der Waals surface area contributed by atoms with Crippen LogP contribution in [0.15, 0.2) is 12.3 Å². The Kier molecular flexibility index (Phi) is 3.50. The van der Waals surface area contributed by atoms with Gasteiger partial charge in [0.25, 0.3) is 0 Å². The van der Waals surface area contributed by atoms with E-state index < -0.39 is 22.7 Å². The van der Waals surface area contributed by atoms with Gasteiger partial charge in [0.15, 0.2) is 5.65 Å². The summed E-state index contributed by atoms with van der Waals surface area (Å²) in [5.41, 5.74) is 4.02. The van der Waals surface area contributed by atoms with Crippen LogP contribution in [0.3, 0.4) is 0 Å². The van der Waals surface area contributed by atoms with Gasteiger partial charge in [0.05, 0.1) is 10.6 Å². The number of alkyl halides is 3. The van der Waals surface area contributed by atoms with Gasteiger partial charge in [-0.15, -0.1) is 10.2 Å². The molecule has 2 heterocycles. The van der Waals surface area contributed by atoms with Gasteiger partial charge < -0.3 is 5.73 Å². The standard InChI is InChI=1S/C13H16ClF3N4/c1-11(2,12(3,4)18)10-20-19-9-8(14)5-7(6-21(9)10)13(15,16)17/h5-6H,18H2,1-4H3. The van der Waals surface area contributed by atoms with E-state index >= 15 is 0 Å². The molecule has 2 N–H and O–H groups in total. The van der Waals surface area contributed by atoms with E-state index in [1.807, 2.05) is 0 Å². The van der Waals surface area contributed by atoms with E-state index in [-0.39, 0.29) is 10.7 Å². The zero-order valence-electron chi connectivity index (χ0n) is 12.1. The highest BCUT2D eigenvalue weighted by Gasteiger charge is 2.40. The lowest BCUT2D eigenvalue weighted by molar-refractivity contribution is -0.137. The number of aromatic nitrogens is 3. The molecule has 2 rings (SSSR count). The maximum Gasteiger partial charge on any atom is 0.417 e. The molecule has 0 aromatic carbocycles. The van der Waals surface area contributed by atoms with Crippen molar-refractivity contribution in [1.29, 1.82) is 0 Å². The Labute approximate surface area is 125 Å². The minimum Gasteiger partial charge on any atom is -0.325 e. The molecule has 0 unspecified atom stereocenters. The topological polar surface area (TPSA) is 56.2 Å². The first-order valence-electron chi connectivity index (χ1n) is 6.26. The Balaban J connectivity index is 2.76. The van der Waals surface area contributed by atoms with Crippen molar-refractivity contribution >= 4 is 17.2 Å². The van der Waals surface area contributed by atoms with Gasteiger partial charge in [-0.2, -0.15) is 13.2 Å². The molecule has 0 aliphatic carbocycles. The summed E-state index contributed by atoms with van der Waals surface area (Å²) in [6.45, 7) is 7.17. The highest BCUT2D eigenvalue weighted by molar-refractivity contribution is 6.33. The Hall–Kier alpha value is -1.34. The summed E-state index contributed by atoms with van der Waals surface area (Å²) in [7, 11) is 0. The molecule has 0 amide bonds. The third-order valence-electron chi connectivity index (χ3n) is 3.96. The van der Waals surface area contributed by atoms with Crippen molar-refractivity contribution in [3.05, 3.63) is 28.7 Å². The minimum absolute atomic E-state index is 0.103. The fraction of sp³-hybridized carbons (Fsp3) is 0.538. The lowest BCUT2D eigenvalue weighted by Gasteiger charge is -2.36. The third kappa shape index (κ3) is 2.60. The van der Waals surface area contributed by atoms with Crippen molar-refractivity contribution in [3.8, 4) is 0 Å². The summed E-state index contributed by atoms with van der Waals surface area (Å²) in [6, 6.07) is 0.843. The molecule has 0 saturated heterocycles. The molecule has 4 nitrogen and oxygen atoms in total. The Morgan fingerprint density at radius 2 is 1.71 bits per heavy atom. The predicted molar refractivity (Wildman–Crippen MR) is 74.3 cm³/mol. The van der Waals surface area contributed by atoms with Crippen LogP contribution in [0.4, 0.5) is 13.2 Å². The molecule has 0 fully saturated rings. The van der Waals surface area contributed by atoms with Crippen molar-refractivity contribution in [2.75, 3.05) is 0 Å². The lowest BCUT2D eigenvalue weighted by Crippen LogP contribution is -2.51. The maximum atomic E-state index is 12.9. The van der Waals surface area contributed by atoms with Gasteiger partial charge in [0, 0.05) is 17.2 Å². The molecular weight excluding hydrogens is 305 g/mol. The quantitative estimate of drug-likeness (QED) is 0.922. The average Bonchev–Trinajstić information content (AvgIpc) is 2.70. The number of rotatable bonds is 2. The van der Waals surface area contributed by atoms with E-state index in [1.165, 1.54) is 4.40 Å². The van der Waals surface area contributed by atoms with E-state index in [0.29, 0.717) is 5.82 Å². The van der Waals surface area contributed by atoms with Crippen molar-refractivity contribution in [2.24, 2.45) is 5.73 Å². The van der Waals surface area contributed by atoms with E-state index in [2.05, 4.69) is 10.2 Å². The zero-order chi connectivity index (χ0) is 16.2. The molecule has 0 bridgehead atoms. The summed E-state index contributed by atoms with van der Waals surface area (Å²) in [6.07, 6.45) is -3.55. The molecule has 0 atom stereocenters. The molecule has 0 aliphatic rings. The number of fused-ring (bicyclic) bond motifs is 1. The molecule has 2 aromatic heterocycles. The minimum atomic E-state index is -4.50. The second-order valence-corrected chi connectivity index (χ2v) is 6.55. The van der Waals surface area contributed by atoms with Gasteiger partial charge >= 0.3 is 6.18 Å². The Morgan fingerprint density at radius 1 is 1.14 bits per heavy atom. The first-order valence-corrected chi connectivity index (χ1v) is 6.64. The molecular formula is C13H16ClF3N4. The predicted octanol–water partition coefficient (Wildman–Crippen LogP) is 3.42. The number of hydrogen-bond donors (Lipinski definition) is 1. The van der Waals surface area contributed by atoms with Gasteiger partial charge in [-0.25, -0.2) is 0 Å². The average molecular weight is 321 g/mol. The molecule has 21 heavy (non-hydrogen) atoms. The fourth-order valence-corrected chi connectivity index (χ4v) is 2.07. The van der Waals surface area contributed by atoms with Crippen LogP contribution >= 0.6 is 11.6 Å². The van der Waals surface area contributed by atoms with Gasteiger partial charge in [-0.3, -0.25) is 4.40 Å². The SMILES string of the molecule is CC(C)(N)C(C)(C)c1nnc2c(Cl)cc(C(F)(F)F)cn12. The highest BCUT2D eigenvalue weighted by Crippen LogP contribution is 2.36. The Bertz CT molecular complexity index is 683. The number of hydrogen-bond acceptors (Lipinski definition) is 3. The molecule has 2 aromatic rings. The number of pyridine rings is 1. The van der Waals surface area contributed by atoms with Crippen molar-refractivity contribution < 1.29 is 13.2 Å². The van der Waals surface area contributed by atoms with Crippen LogP contribution in [-0.4, -0.2) is 20.1 Å². The van der Waals surface area contributed by atoms with Gasteiger partial charge in [-0.05, 0) is 19.9 Å². The molecule has 8 heteroatoms. The highest BCUT2D eigenvalue weighted by atomic mass is 35.5. The summed E-state index contributed by atoms with van der Waals surface area (Å²) in [4.78, 5) is 0.